The van der Waals surface area contributed by atoms with Crippen LogP contribution in [0, 0.1) is 0 Å². The summed E-state index contributed by atoms with van der Waals surface area (Å²) in [5, 5.41) is 0. The third kappa shape index (κ3) is 2.61. The molecule has 1 nitrogen and oxygen atoms in total. The molecule has 1 N–H and O–H groups in total. The maximum absolute atomic E-state index is 3.52. The smallest absolute Gasteiger partial charge is 0.0179 e. The lowest BCUT2D eigenvalue weighted by Crippen LogP contribution is -1.88. The van der Waals surface area contributed by atoms with E-state index in [0.29, 0.717) is 0 Å². The van der Waals surface area contributed by atoms with E-state index >= 15 is 0 Å². The van der Waals surface area contributed by atoms with Gasteiger partial charge in [0.15, 0.2) is 0 Å². The first-order valence-corrected chi connectivity index (χ1v) is 5.51. The first-order chi connectivity index (χ1) is 6.31. The number of H-pyrrole nitrogens is 1. The van der Waals surface area contributed by atoms with E-state index in [1.807, 2.05) is 0 Å². The van der Waals surface area contributed by atoms with Gasteiger partial charge in [0.1, 0.15) is 0 Å². The average Bonchev–Trinajstić information content (AvgIpc) is 2.49. The Morgan fingerprint density at radius 3 is 2.31 bits per heavy atom. The number of aromatic amines is 1. The molecule has 0 aliphatic carbocycles. The van der Waals surface area contributed by atoms with Crippen molar-refractivity contribution in [1.82, 2.24) is 4.98 Å². The van der Waals surface area contributed by atoms with E-state index < -0.39 is 0 Å². The molecule has 0 saturated carbocycles. The fourth-order valence-electron chi connectivity index (χ4n) is 1.82. The van der Waals surface area contributed by atoms with Gasteiger partial charge in [-0.1, -0.05) is 33.6 Å². The predicted octanol–water partition coefficient (Wildman–Crippen LogP) is 3.48. The second-order valence-corrected chi connectivity index (χ2v) is 3.65. The van der Waals surface area contributed by atoms with Crippen molar-refractivity contribution in [2.24, 2.45) is 0 Å². The van der Waals surface area contributed by atoms with Gasteiger partial charge in [-0.3, -0.25) is 0 Å². The van der Waals surface area contributed by atoms with Crippen LogP contribution in [0.25, 0.3) is 0 Å². The molecule has 1 rings (SSSR count). The zero-order chi connectivity index (χ0) is 9.68. The topological polar surface area (TPSA) is 15.8 Å². The molecule has 0 aliphatic rings. The zero-order valence-electron chi connectivity index (χ0n) is 9.11. The molecular weight excluding hydrogens is 158 g/mol. The fraction of sp³-hybridized carbons (Fsp3) is 0.667. The van der Waals surface area contributed by atoms with Gasteiger partial charge in [-0.2, -0.15) is 0 Å². The number of aryl methyl sites for hydroxylation is 3. The molecule has 1 heterocycles. The predicted molar refractivity (Wildman–Crippen MR) is 58.2 cm³/mol. The summed E-state index contributed by atoms with van der Waals surface area (Å²) in [4.78, 5) is 3.52. The van der Waals surface area contributed by atoms with E-state index in [0.717, 1.165) is 6.42 Å². The molecule has 0 saturated heterocycles. The minimum absolute atomic E-state index is 1.14. The van der Waals surface area contributed by atoms with Crippen molar-refractivity contribution in [3.8, 4) is 0 Å². The van der Waals surface area contributed by atoms with E-state index in [-0.39, 0.29) is 0 Å². The minimum atomic E-state index is 1.14. The third-order valence-corrected chi connectivity index (χ3v) is 2.44. The summed E-state index contributed by atoms with van der Waals surface area (Å²) in [7, 11) is 0. The normalized spacial score (nSPS) is 10.7. The summed E-state index contributed by atoms with van der Waals surface area (Å²) < 4.78 is 0. The van der Waals surface area contributed by atoms with E-state index in [9.17, 15) is 0 Å². The van der Waals surface area contributed by atoms with Gasteiger partial charge in [0.05, 0.1) is 0 Å². The van der Waals surface area contributed by atoms with Crippen molar-refractivity contribution in [2.75, 3.05) is 0 Å². The Bertz CT molecular complexity index is 248. The van der Waals surface area contributed by atoms with Crippen molar-refractivity contribution in [2.45, 2.75) is 52.9 Å². The fourth-order valence-corrected chi connectivity index (χ4v) is 1.82. The van der Waals surface area contributed by atoms with Crippen LogP contribution in [0.4, 0.5) is 0 Å². The quantitative estimate of drug-likeness (QED) is 0.712. The van der Waals surface area contributed by atoms with Crippen molar-refractivity contribution < 1.29 is 0 Å². The zero-order valence-corrected chi connectivity index (χ0v) is 9.11. The van der Waals surface area contributed by atoms with Crippen LogP contribution in [0.2, 0.25) is 0 Å². The van der Waals surface area contributed by atoms with E-state index in [1.165, 1.54) is 42.6 Å². The highest BCUT2D eigenvalue weighted by molar-refractivity contribution is 5.26. The molecule has 13 heavy (non-hydrogen) atoms. The lowest BCUT2D eigenvalue weighted by molar-refractivity contribution is 0.875. The molecular formula is C12H21N. The van der Waals surface area contributed by atoms with E-state index in [1.54, 1.807) is 0 Å². The Labute approximate surface area is 81.6 Å². The van der Waals surface area contributed by atoms with Gasteiger partial charge in [0, 0.05) is 11.4 Å². The lowest BCUT2D eigenvalue weighted by Gasteiger charge is -1.97. The van der Waals surface area contributed by atoms with Gasteiger partial charge in [-0.05, 0) is 30.9 Å². The molecule has 0 radical (unpaired) electrons. The Kier molecular flexibility index (Phi) is 4.07. The molecule has 0 aromatic carbocycles. The first-order valence-electron chi connectivity index (χ1n) is 5.51. The summed E-state index contributed by atoms with van der Waals surface area (Å²) in [5.41, 5.74) is 4.40. The molecule has 0 spiro atoms. The van der Waals surface area contributed by atoms with Crippen LogP contribution >= 0.6 is 0 Å². The second kappa shape index (κ2) is 5.11. The Morgan fingerprint density at radius 2 is 1.77 bits per heavy atom. The minimum Gasteiger partial charge on any atom is -0.362 e. The molecule has 0 bridgehead atoms. The van der Waals surface area contributed by atoms with Gasteiger partial charge >= 0.3 is 0 Å². The van der Waals surface area contributed by atoms with Gasteiger partial charge < -0.3 is 4.98 Å². The molecule has 0 aliphatic heterocycles. The highest BCUT2D eigenvalue weighted by Crippen LogP contribution is 2.14. The Hall–Kier alpha value is -0.720. The summed E-state index contributed by atoms with van der Waals surface area (Å²) in [6.07, 6.45) is 6.03. The molecule has 0 atom stereocenters. The highest BCUT2D eigenvalue weighted by Gasteiger charge is 2.04. The van der Waals surface area contributed by atoms with Crippen LogP contribution in [0.5, 0.6) is 0 Å². The van der Waals surface area contributed by atoms with Crippen LogP contribution < -0.4 is 0 Å². The van der Waals surface area contributed by atoms with Crippen molar-refractivity contribution in [3.05, 3.63) is 23.0 Å². The number of nitrogens with one attached hydrogen (secondary N) is 1. The van der Waals surface area contributed by atoms with Crippen LogP contribution in [0.1, 0.15) is 50.6 Å². The van der Waals surface area contributed by atoms with Crippen LogP contribution in [-0.2, 0) is 19.3 Å². The molecule has 0 unspecified atom stereocenters. The average molecular weight is 179 g/mol. The summed E-state index contributed by atoms with van der Waals surface area (Å²) in [6.45, 7) is 6.69. The highest BCUT2D eigenvalue weighted by atomic mass is 14.7. The van der Waals surface area contributed by atoms with Crippen molar-refractivity contribution in [1.29, 1.82) is 0 Å². The van der Waals surface area contributed by atoms with Crippen LogP contribution in [0.15, 0.2) is 6.07 Å². The molecule has 1 aromatic heterocycles. The van der Waals surface area contributed by atoms with Crippen molar-refractivity contribution >= 4 is 0 Å². The van der Waals surface area contributed by atoms with Gasteiger partial charge in [0.2, 0.25) is 0 Å². The third-order valence-electron chi connectivity index (χ3n) is 2.44. The number of hydrogen-bond acceptors (Lipinski definition) is 0. The van der Waals surface area contributed by atoms with Crippen LogP contribution in [0.3, 0.4) is 0 Å². The van der Waals surface area contributed by atoms with Gasteiger partial charge in [-0.15, -0.1) is 0 Å². The standard InChI is InChI=1S/C12H21N/c1-4-7-10-9-11(8-5-2)13-12(10)6-3/h9,13H,4-8H2,1-3H3. The summed E-state index contributed by atoms with van der Waals surface area (Å²) >= 11 is 0. The largest absolute Gasteiger partial charge is 0.362 e. The number of aromatic nitrogens is 1. The first kappa shape index (κ1) is 10.4. The maximum Gasteiger partial charge on any atom is 0.0179 e. The molecule has 74 valence electrons. The Morgan fingerprint density at radius 1 is 1.08 bits per heavy atom. The van der Waals surface area contributed by atoms with Crippen LogP contribution in [-0.4, -0.2) is 4.98 Å². The van der Waals surface area contributed by atoms with Crippen molar-refractivity contribution in [3.63, 3.8) is 0 Å². The summed E-state index contributed by atoms with van der Waals surface area (Å²) in [6, 6.07) is 2.35. The number of rotatable bonds is 5. The van der Waals surface area contributed by atoms with E-state index in [4.69, 9.17) is 0 Å². The molecule has 0 amide bonds. The molecule has 0 fully saturated rings. The Balaban J connectivity index is 2.77. The number of hydrogen-bond donors (Lipinski definition) is 1. The van der Waals surface area contributed by atoms with Gasteiger partial charge in [-0.25, -0.2) is 0 Å². The second-order valence-electron chi connectivity index (χ2n) is 3.65. The molecule has 1 heteroatoms. The van der Waals surface area contributed by atoms with E-state index in [2.05, 4.69) is 31.8 Å². The molecule has 1 aromatic rings. The monoisotopic (exact) mass is 179 g/mol. The maximum atomic E-state index is 3.52. The van der Waals surface area contributed by atoms with Gasteiger partial charge in [0.25, 0.3) is 0 Å². The SMILES string of the molecule is CCCc1cc(CCC)c(CC)[nH]1. The lowest BCUT2D eigenvalue weighted by atomic mass is 10.1. The summed E-state index contributed by atoms with van der Waals surface area (Å²) in [5.74, 6) is 0.